The van der Waals surface area contributed by atoms with Gasteiger partial charge in [-0.2, -0.15) is 13.2 Å². The third-order valence-electron chi connectivity index (χ3n) is 5.04. The topological polar surface area (TPSA) is 80.9 Å². The second-order valence-corrected chi connectivity index (χ2v) is 11.0. The molecule has 0 aliphatic carbocycles. The zero-order chi connectivity index (χ0) is 22.4. The van der Waals surface area contributed by atoms with Crippen molar-refractivity contribution in [1.82, 2.24) is 9.97 Å². The lowest BCUT2D eigenvalue weighted by Crippen LogP contribution is -2.15. The molecule has 1 aromatic heterocycles. The van der Waals surface area contributed by atoms with Gasteiger partial charge in [-0.15, -0.1) is 0 Å². The van der Waals surface area contributed by atoms with E-state index in [1.807, 2.05) is 0 Å². The van der Waals surface area contributed by atoms with E-state index in [0.717, 1.165) is 6.07 Å². The van der Waals surface area contributed by atoms with Gasteiger partial charge < -0.3 is 15.6 Å². The molecule has 1 heterocycles. The maximum atomic E-state index is 13.3. The van der Waals surface area contributed by atoms with Gasteiger partial charge in [0.05, 0.1) is 17.1 Å². The van der Waals surface area contributed by atoms with Crippen molar-refractivity contribution in [2.75, 3.05) is 24.4 Å². The number of nitrogens with one attached hydrogen (secondary N) is 1. The van der Waals surface area contributed by atoms with Crippen LogP contribution in [0.3, 0.4) is 0 Å². The standard InChI is InChI=1S/C21H24F3N4OP/c1-11-14(7-6-8-16(11)21(22,23)24)12(2)26-20-15-9-19(30(4,5)29)17(25)10-18(15)27-13(3)28-20/h6-10,12H,25H2,1-5H3,(H,26,27,28). The molecule has 2 aromatic carbocycles. The predicted octanol–water partition coefficient (Wildman–Crippen LogP) is 5.27. The van der Waals surface area contributed by atoms with Crippen LogP contribution in [-0.2, 0) is 10.7 Å². The monoisotopic (exact) mass is 436 g/mol. The molecule has 0 aliphatic rings. The van der Waals surface area contributed by atoms with Crippen molar-refractivity contribution in [3.05, 3.63) is 52.8 Å². The first-order valence-corrected chi connectivity index (χ1v) is 12.0. The van der Waals surface area contributed by atoms with Crippen molar-refractivity contribution >= 4 is 34.9 Å². The van der Waals surface area contributed by atoms with Crippen LogP contribution in [0.2, 0.25) is 0 Å². The fourth-order valence-corrected chi connectivity index (χ4v) is 4.71. The molecule has 3 N–H and O–H groups in total. The van der Waals surface area contributed by atoms with Crippen molar-refractivity contribution in [2.24, 2.45) is 0 Å². The van der Waals surface area contributed by atoms with Crippen LogP contribution in [0.25, 0.3) is 10.9 Å². The predicted molar refractivity (Wildman–Crippen MR) is 116 cm³/mol. The molecule has 3 aromatic rings. The maximum Gasteiger partial charge on any atom is 0.416 e. The summed E-state index contributed by atoms with van der Waals surface area (Å²) < 4.78 is 52.5. The van der Waals surface area contributed by atoms with Crippen LogP contribution in [0.15, 0.2) is 30.3 Å². The highest BCUT2D eigenvalue weighted by atomic mass is 31.2. The van der Waals surface area contributed by atoms with Gasteiger partial charge in [-0.05, 0) is 63.4 Å². The largest absolute Gasteiger partial charge is 0.416 e. The van der Waals surface area contributed by atoms with E-state index >= 15 is 0 Å². The molecule has 5 nitrogen and oxygen atoms in total. The molecule has 0 radical (unpaired) electrons. The molecule has 0 saturated carbocycles. The van der Waals surface area contributed by atoms with Crippen molar-refractivity contribution in [3.63, 3.8) is 0 Å². The maximum absolute atomic E-state index is 13.3. The van der Waals surface area contributed by atoms with Crippen LogP contribution in [0.1, 0.15) is 35.5 Å². The van der Waals surface area contributed by atoms with Gasteiger partial charge in [0, 0.05) is 16.4 Å². The number of hydrogen-bond donors (Lipinski definition) is 2. The summed E-state index contributed by atoms with van der Waals surface area (Å²) in [5, 5.41) is 4.35. The average molecular weight is 436 g/mol. The zero-order valence-electron chi connectivity index (χ0n) is 17.4. The number of halogens is 3. The molecule has 1 atom stereocenters. The average Bonchev–Trinajstić information content (AvgIpc) is 2.58. The highest BCUT2D eigenvalue weighted by molar-refractivity contribution is 7.70. The summed E-state index contributed by atoms with van der Waals surface area (Å²) >= 11 is 0. The quantitative estimate of drug-likeness (QED) is 0.430. The van der Waals surface area contributed by atoms with Crippen LogP contribution in [-0.4, -0.2) is 23.3 Å². The highest BCUT2D eigenvalue weighted by Gasteiger charge is 2.33. The molecule has 0 amide bonds. The number of aryl methyl sites for hydroxylation is 1. The first-order chi connectivity index (χ1) is 13.8. The number of nitrogen functional groups attached to an aromatic ring is 1. The molecule has 30 heavy (non-hydrogen) atoms. The Morgan fingerprint density at radius 3 is 2.40 bits per heavy atom. The molecule has 3 rings (SSSR count). The Morgan fingerprint density at radius 2 is 1.80 bits per heavy atom. The summed E-state index contributed by atoms with van der Waals surface area (Å²) in [5.74, 6) is 0.942. The van der Waals surface area contributed by atoms with Gasteiger partial charge in [-0.1, -0.05) is 12.1 Å². The molecule has 0 saturated heterocycles. The van der Waals surface area contributed by atoms with E-state index in [4.69, 9.17) is 5.73 Å². The van der Waals surface area contributed by atoms with Crippen molar-refractivity contribution in [3.8, 4) is 0 Å². The Bertz CT molecular complexity index is 1170. The van der Waals surface area contributed by atoms with Crippen LogP contribution in [0.4, 0.5) is 24.7 Å². The Morgan fingerprint density at radius 1 is 1.13 bits per heavy atom. The first kappa shape index (κ1) is 22.1. The van der Waals surface area contributed by atoms with Gasteiger partial charge in [-0.25, -0.2) is 9.97 Å². The SMILES string of the molecule is Cc1nc(NC(C)c2cccc(C(F)(F)F)c2C)c2cc(P(C)(C)=O)c(N)cc2n1. The summed E-state index contributed by atoms with van der Waals surface area (Å²) in [6.07, 6.45) is -4.42. The highest BCUT2D eigenvalue weighted by Crippen LogP contribution is 2.39. The lowest BCUT2D eigenvalue weighted by atomic mass is 9.97. The van der Waals surface area contributed by atoms with E-state index in [-0.39, 0.29) is 5.56 Å². The second kappa shape index (κ2) is 7.58. The number of fused-ring (bicyclic) bond motifs is 1. The summed E-state index contributed by atoms with van der Waals surface area (Å²) in [7, 11) is -2.65. The molecular weight excluding hydrogens is 412 g/mol. The summed E-state index contributed by atoms with van der Waals surface area (Å²) in [6, 6.07) is 7.04. The van der Waals surface area contributed by atoms with Gasteiger partial charge in [0.1, 0.15) is 18.8 Å². The number of rotatable bonds is 4. The smallest absolute Gasteiger partial charge is 0.398 e. The van der Waals surface area contributed by atoms with E-state index in [9.17, 15) is 17.7 Å². The van der Waals surface area contributed by atoms with Crippen LogP contribution >= 0.6 is 7.14 Å². The fourth-order valence-electron chi connectivity index (χ4n) is 3.59. The number of nitrogens with two attached hydrogens (primary N) is 1. The van der Waals surface area contributed by atoms with Crippen LogP contribution in [0.5, 0.6) is 0 Å². The number of anilines is 2. The third kappa shape index (κ3) is 4.29. The molecule has 9 heteroatoms. The van der Waals surface area contributed by atoms with Crippen LogP contribution in [0, 0.1) is 13.8 Å². The van der Waals surface area contributed by atoms with E-state index in [1.54, 1.807) is 45.4 Å². The van der Waals surface area contributed by atoms with Crippen molar-refractivity contribution < 1.29 is 17.7 Å². The Kier molecular flexibility index (Phi) is 5.58. The van der Waals surface area contributed by atoms with E-state index in [0.29, 0.717) is 39.1 Å². The first-order valence-electron chi connectivity index (χ1n) is 9.35. The number of alkyl halides is 3. The van der Waals surface area contributed by atoms with Gasteiger partial charge in [0.25, 0.3) is 0 Å². The molecule has 0 aliphatic heterocycles. The number of aromatic nitrogens is 2. The Balaban J connectivity index is 2.11. The second-order valence-electron chi connectivity index (χ2n) is 7.78. The van der Waals surface area contributed by atoms with Gasteiger partial charge in [0.15, 0.2) is 0 Å². The van der Waals surface area contributed by atoms with E-state index in [1.165, 1.54) is 13.0 Å². The minimum absolute atomic E-state index is 0.164. The van der Waals surface area contributed by atoms with Gasteiger partial charge >= 0.3 is 6.18 Å². The Labute approximate surface area is 173 Å². The van der Waals surface area contributed by atoms with Crippen molar-refractivity contribution in [2.45, 2.75) is 33.0 Å². The molecule has 0 spiro atoms. The molecule has 160 valence electrons. The zero-order valence-corrected chi connectivity index (χ0v) is 18.3. The number of benzene rings is 2. The normalized spacial score (nSPS) is 13.5. The van der Waals surface area contributed by atoms with Gasteiger partial charge in [0.2, 0.25) is 0 Å². The van der Waals surface area contributed by atoms with E-state index < -0.39 is 24.9 Å². The third-order valence-corrected chi connectivity index (χ3v) is 6.58. The molecular formula is C21H24F3N4OP. The molecule has 0 bridgehead atoms. The molecule has 0 fully saturated rings. The lowest BCUT2D eigenvalue weighted by Gasteiger charge is -2.21. The molecule has 1 unspecified atom stereocenters. The lowest BCUT2D eigenvalue weighted by molar-refractivity contribution is -0.138. The van der Waals surface area contributed by atoms with E-state index in [2.05, 4.69) is 15.3 Å². The van der Waals surface area contributed by atoms with Crippen molar-refractivity contribution in [1.29, 1.82) is 0 Å². The minimum atomic E-state index is -4.42. The van der Waals surface area contributed by atoms with Gasteiger partial charge in [-0.3, -0.25) is 0 Å². The Hall–Kier alpha value is -2.60. The fraction of sp³-hybridized carbons (Fsp3) is 0.333. The number of hydrogen-bond acceptors (Lipinski definition) is 5. The summed E-state index contributed by atoms with van der Waals surface area (Å²) in [5.41, 5.74) is 7.07. The minimum Gasteiger partial charge on any atom is -0.398 e. The summed E-state index contributed by atoms with van der Waals surface area (Å²) in [4.78, 5) is 8.84. The number of nitrogens with zero attached hydrogens (tertiary/aromatic N) is 2. The van der Waals surface area contributed by atoms with Crippen LogP contribution < -0.4 is 16.4 Å². The summed E-state index contributed by atoms with van der Waals surface area (Å²) in [6.45, 7) is 8.21.